The van der Waals surface area contributed by atoms with Crippen LogP contribution in [-0.4, -0.2) is 62.9 Å². The molecule has 0 aliphatic heterocycles. The molecule has 0 fully saturated rings. The molecule has 0 bridgehead atoms. The summed E-state index contributed by atoms with van der Waals surface area (Å²) in [6, 6.07) is 38.3. The van der Waals surface area contributed by atoms with Gasteiger partial charge in [0.2, 0.25) is 0 Å². The van der Waals surface area contributed by atoms with Crippen LogP contribution in [0.2, 0.25) is 0 Å². The zero-order valence-corrected chi connectivity index (χ0v) is 29.4. The fourth-order valence-electron chi connectivity index (χ4n) is 6.95. The van der Waals surface area contributed by atoms with Crippen molar-refractivity contribution in [3.63, 3.8) is 0 Å². The van der Waals surface area contributed by atoms with Crippen LogP contribution in [0.5, 0.6) is 5.75 Å². The van der Waals surface area contributed by atoms with Crippen LogP contribution in [0, 0.1) is 5.41 Å². The van der Waals surface area contributed by atoms with Crippen LogP contribution < -0.4 is 27.3 Å². The van der Waals surface area contributed by atoms with Crippen molar-refractivity contribution in [2.24, 2.45) is 5.10 Å². The van der Waals surface area contributed by atoms with Gasteiger partial charge in [-0.15, -0.1) is 0 Å². The Labute approximate surface area is 305 Å². The van der Waals surface area contributed by atoms with E-state index >= 15 is 0 Å². The number of nitrogens with one attached hydrogen (secondary N) is 2. The minimum atomic E-state index is 0.245. The van der Waals surface area contributed by atoms with Crippen LogP contribution in [0.25, 0.3) is 62.1 Å². The molecule has 7 nitrogen and oxygen atoms in total. The Bertz CT molecular complexity index is 2600. The molecule has 11 heteroatoms. The number of anilines is 1. The van der Waals surface area contributed by atoms with Gasteiger partial charge in [-0.3, -0.25) is 10.8 Å². The van der Waals surface area contributed by atoms with Crippen LogP contribution in [0.3, 0.4) is 0 Å². The van der Waals surface area contributed by atoms with E-state index in [0.29, 0.717) is 28.9 Å². The van der Waals surface area contributed by atoms with Gasteiger partial charge in [0.05, 0.1) is 11.4 Å². The molecule has 1 aliphatic carbocycles. The number of para-hydroxylation sites is 1. The molecular weight excluding hydrogens is 636 g/mol. The van der Waals surface area contributed by atoms with E-state index in [1.54, 1.807) is 0 Å². The lowest BCUT2D eigenvalue weighted by atomic mass is 9.66. The number of aromatic nitrogens is 3. The molecule has 0 atom stereocenters. The number of allylic oxidation sites excluding steroid dienone is 1. The van der Waals surface area contributed by atoms with Crippen molar-refractivity contribution in [3.8, 4) is 51.0 Å². The topological polar surface area (TPSA) is 107 Å². The molecule has 0 unspecified atom stereocenters. The summed E-state index contributed by atoms with van der Waals surface area (Å²) in [5.41, 5.74) is 14.6. The first kappa shape index (κ1) is 32.7. The highest BCUT2D eigenvalue weighted by Crippen LogP contribution is 2.34. The number of hydrogen-bond acceptors (Lipinski definition) is 7. The summed E-state index contributed by atoms with van der Waals surface area (Å²) in [7, 11) is 7.92. The van der Waals surface area contributed by atoms with Crippen LogP contribution >= 0.6 is 0 Å². The maximum absolute atomic E-state index is 11.2. The molecule has 0 spiro atoms. The number of phenols is 1. The highest BCUT2D eigenvalue weighted by atomic mass is 16.3. The molecule has 0 amide bonds. The summed E-state index contributed by atoms with van der Waals surface area (Å²) in [6.07, 6.45) is 3.87. The van der Waals surface area contributed by atoms with Crippen molar-refractivity contribution in [2.45, 2.75) is 0 Å². The summed E-state index contributed by atoms with van der Waals surface area (Å²) in [4.78, 5) is 15.4. The molecule has 0 saturated heterocycles. The molecule has 1 aromatic heterocycles. The molecule has 1 aliphatic rings. The predicted octanol–water partition coefficient (Wildman–Crippen LogP) is 2.29. The van der Waals surface area contributed by atoms with Gasteiger partial charge >= 0.3 is 0 Å². The largest absolute Gasteiger partial charge is 0.509 e. The van der Waals surface area contributed by atoms with Crippen molar-refractivity contribution in [1.29, 1.82) is 5.41 Å². The molecule has 6 aromatic carbocycles. The SMILES string of the molecule is Bc1c(B)c(O)c(B)c(-c2nc(-c3ccc4ccc5c(c4c3)C(=N)/C(=N\Nc3ccccc3)C=C5)nc(-c3ccccc3-c3ccccc3)n2)c1B. The Kier molecular flexibility index (Phi) is 8.39. The van der Waals surface area contributed by atoms with E-state index in [1.165, 1.54) is 0 Å². The second kappa shape index (κ2) is 13.3. The normalized spacial score (nSPS) is 13.0. The molecule has 7 aromatic rings. The highest BCUT2D eigenvalue weighted by Gasteiger charge is 2.23. The predicted molar refractivity (Wildman–Crippen MR) is 227 cm³/mol. The monoisotopic (exact) mass is 668 g/mol. The van der Waals surface area contributed by atoms with Gasteiger partial charge in [-0.1, -0.05) is 120 Å². The van der Waals surface area contributed by atoms with E-state index in [9.17, 15) is 10.5 Å². The second-order valence-corrected chi connectivity index (χ2v) is 13.1. The minimum Gasteiger partial charge on any atom is -0.509 e. The zero-order valence-electron chi connectivity index (χ0n) is 29.4. The maximum atomic E-state index is 11.2. The molecule has 52 heavy (non-hydrogen) atoms. The van der Waals surface area contributed by atoms with E-state index in [1.807, 2.05) is 115 Å². The van der Waals surface area contributed by atoms with E-state index < -0.39 is 0 Å². The van der Waals surface area contributed by atoms with Crippen molar-refractivity contribution in [1.82, 2.24) is 15.0 Å². The molecule has 0 saturated carbocycles. The van der Waals surface area contributed by atoms with Crippen molar-refractivity contribution in [3.05, 3.63) is 132 Å². The number of benzene rings is 6. The van der Waals surface area contributed by atoms with E-state index in [2.05, 4.69) is 54.8 Å². The quantitative estimate of drug-likeness (QED) is 0.187. The first-order valence-corrected chi connectivity index (χ1v) is 17.2. The van der Waals surface area contributed by atoms with Gasteiger partial charge in [-0.25, -0.2) is 15.0 Å². The molecule has 1 heterocycles. The zero-order chi connectivity index (χ0) is 35.9. The number of aromatic hydroxyl groups is 1. The van der Waals surface area contributed by atoms with Gasteiger partial charge in [0.1, 0.15) is 42.8 Å². The summed E-state index contributed by atoms with van der Waals surface area (Å²) >= 11 is 0. The van der Waals surface area contributed by atoms with Gasteiger partial charge in [0.15, 0.2) is 17.5 Å². The fourth-order valence-corrected chi connectivity index (χ4v) is 6.95. The smallest absolute Gasteiger partial charge is 0.164 e. The molecule has 3 N–H and O–H groups in total. The lowest BCUT2D eigenvalue weighted by Gasteiger charge is -2.19. The third kappa shape index (κ3) is 5.80. The Morgan fingerprint density at radius 2 is 1.23 bits per heavy atom. The molecule has 8 rings (SSSR count). The Hall–Kier alpha value is -6.47. The van der Waals surface area contributed by atoms with E-state index in [4.69, 9.17) is 15.0 Å². The highest BCUT2D eigenvalue weighted by molar-refractivity contribution is 6.62. The minimum absolute atomic E-state index is 0.245. The van der Waals surface area contributed by atoms with E-state index in [0.717, 1.165) is 77.3 Å². The Balaban J connectivity index is 1.32. The van der Waals surface area contributed by atoms with Gasteiger partial charge < -0.3 is 5.11 Å². The number of phenolic OH excluding ortho intramolecular Hbond substituents is 1. The van der Waals surface area contributed by atoms with Crippen LogP contribution in [-0.2, 0) is 0 Å². The first-order chi connectivity index (χ1) is 25.3. The van der Waals surface area contributed by atoms with Crippen molar-refractivity contribution < 1.29 is 5.11 Å². The standard InChI is InChI=1S/C41H32B4N6O/c42-33-32(34(43)38(52)36(45)35(33)44)41-48-39(47-40(49-41)28-14-8-7-13-27(28)22-9-3-1-4-10-22)25-18-16-23-15-17-24-19-20-30(37(46)31(24)29(23)21-25)51-50-26-11-5-2-6-12-26/h1-21,46,50,52H,42-45H2/b46-37?,51-30-. The number of hydrogen-bond donors (Lipinski definition) is 3. The van der Waals surface area contributed by atoms with Crippen LogP contribution in [0.1, 0.15) is 11.1 Å². The molecule has 0 radical (unpaired) electrons. The number of fused-ring (bicyclic) bond motifs is 3. The lowest BCUT2D eigenvalue weighted by molar-refractivity contribution is 0.484. The number of rotatable bonds is 6. The maximum Gasteiger partial charge on any atom is 0.164 e. The Morgan fingerprint density at radius 3 is 2.00 bits per heavy atom. The molecule has 244 valence electrons. The van der Waals surface area contributed by atoms with Crippen LogP contribution in [0.15, 0.2) is 126 Å². The molecular formula is C41H32B4N6O. The number of nitrogens with zero attached hydrogens (tertiary/aromatic N) is 4. The average Bonchev–Trinajstić information content (AvgIpc) is 3.19. The summed E-state index contributed by atoms with van der Waals surface area (Å²) in [5, 5.41) is 26.9. The van der Waals surface area contributed by atoms with Crippen molar-refractivity contribution in [2.75, 3.05) is 5.43 Å². The van der Waals surface area contributed by atoms with Gasteiger partial charge in [0, 0.05) is 22.3 Å². The Morgan fingerprint density at radius 1 is 0.577 bits per heavy atom. The third-order valence-corrected chi connectivity index (χ3v) is 10.0. The van der Waals surface area contributed by atoms with Crippen molar-refractivity contribution >= 4 is 87.2 Å². The first-order valence-electron chi connectivity index (χ1n) is 17.2. The summed E-state index contributed by atoms with van der Waals surface area (Å²) in [5.74, 6) is 1.76. The fraction of sp³-hybridized carbons (Fsp3) is 0. The van der Waals surface area contributed by atoms with Gasteiger partial charge in [0.25, 0.3) is 0 Å². The second-order valence-electron chi connectivity index (χ2n) is 13.1. The van der Waals surface area contributed by atoms with Crippen LogP contribution in [0.4, 0.5) is 5.69 Å². The lowest BCUT2D eigenvalue weighted by Crippen LogP contribution is -2.44. The summed E-state index contributed by atoms with van der Waals surface area (Å²) in [6.45, 7) is 0. The van der Waals surface area contributed by atoms with Gasteiger partial charge in [-0.05, 0) is 57.2 Å². The third-order valence-electron chi connectivity index (χ3n) is 10.0. The number of hydrazone groups is 1. The van der Waals surface area contributed by atoms with Gasteiger partial charge in [-0.2, -0.15) is 5.10 Å². The van der Waals surface area contributed by atoms with E-state index in [-0.39, 0.29) is 5.75 Å². The average molecular weight is 668 g/mol. The summed E-state index contributed by atoms with van der Waals surface area (Å²) < 4.78 is 0.